The number of imidazole rings is 1. The fraction of sp³-hybridized carbons (Fsp3) is 0.571. The molecular weight excluding hydrogens is 164 g/mol. The van der Waals surface area contributed by atoms with Gasteiger partial charge in [-0.1, -0.05) is 0 Å². The molecule has 3 nitrogen and oxygen atoms in total. The van der Waals surface area contributed by atoms with E-state index in [1.54, 1.807) is 6.20 Å². The molecule has 66 valence electrons. The van der Waals surface area contributed by atoms with Gasteiger partial charge in [-0.25, -0.2) is 13.8 Å². The number of hydrogen-bond acceptors (Lipinski definition) is 2. The van der Waals surface area contributed by atoms with Crippen LogP contribution in [0, 0.1) is 0 Å². The van der Waals surface area contributed by atoms with Gasteiger partial charge in [0.2, 0.25) is 0 Å². The molecule has 1 heterocycles. The average molecular weight is 173 g/mol. The average Bonchev–Trinajstić information content (AvgIpc) is 2.31. The molecule has 1 fully saturated rings. The van der Waals surface area contributed by atoms with E-state index in [4.69, 9.17) is 5.73 Å². The molecule has 0 saturated heterocycles. The summed E-state index contributed by atoms with van der Waals surface area (Å²) < 4.78 is 25.0. The van der Waals surface area contributed by atoms with Crippen LogP contribution in [-0.2, 0) is 5.54 Å². The van der Waals surface area contributed by atoms with Gasteiger partial charge in [0.15, 0.2) is 0 Å². The molecule has 0 atom stereocenters. The number of aromatic nitrogens is 2. The molecule has 0 radical (unpaired) electrons. The maximum atomic E-state index is 12.5. The van der Waals surface area contributed by atoms with Crippen molar-refractivity contribution in [2.75, 3.05) is 0 Å². The van der Waals surface area contributed by atoms with Crippen molar-refractivity contribution in [3.8, 4) is 0 Å². The van der Waals surface area contributed by atoms with Crippen LogP contribution in [0.1, 0.15) is 18.7 Å². The zero-order valence-electron chi connectivity index (χ0n) is 6.35. The van der Waals surface area contributed by atoms with E-state index in [0.717, 1.165) is 0 Å². The first-order chi connectivity index (χ1) is 5.52. The van der Waals surface area contributed by atoms with Crippen LogP contribution in [0.3, 0.4) is 0 Å². The van der Waals surface area contributed by atoms with Gasteiger partial charge in [0.1, 0.15) is 5.82 Å². The molecule has 0 amide bonds. The maximum absolute atomic E-state index is 12.5. The van der Waals surface area contributed by atoms with E-state index in [1.807, 2.05) is 0 Å². The summed E-state index contributed by atoms with van der Waals surface area (Å²) in [5, 5.41) is 0. The number of rotatable bonds is 1. The zero-order valence-corrected chi connectivity index (χ0v) is 6.35. The number of hydrogen-bond donors (Lipinski definition) is 2. The third-order valence-corrected chi connectivity index (χ3v) is 2.12. The first-order valence-electron chi connectivity index (χ1n) is 3.68. The molecule has 0 bridgehead atoms. The monoisotopic (exact) mass is 173 g/mol. The van der Waals surface area contributed by atoms with Gasteiger partial charge in [0, 0.05) is 25.2 Å². The second kappa shape index (κ2) is 2.04. The normalized spacial score (nSPS) is 24.9. The molecule has 0 unspecified atom stereocenters. The molecule has 2 rings (SSSR count). The van der Waals surface area contributed by atoms with Crippen LogP contribution in [0.2, 0.25) is 0 Å². The molecule has 5 heteroatoms. The fourth-order valence-corrected chi connectivity index (χ4v) is 1.58. The van der Waals surface area contributed by atoms with E-state index in [0.29, 0.717) is 5.82 Å². The summed E-state index contributed by atoms with van der Waals surface area (Å²) >= 11 is 0. The summed E-state index contributed by atoms with van der Waals surface area (Å²) in [5.41, 5.74) is 4.73. The molecular formula is C7H9F2N3. The zero-order chi connectivity index (χ0) is 8.82. The highest BCUT2D eigenvalue weighted by Crippen LogP contribution is 2.48. The van der Waals surface area contributed by atoms with Crippen molar-refractivity contribution in [1.29, 1.82) is 0 Å². The molecule has 1 aliphatic rings. The highest BCUT2D eigenvalue weighted by molar-refractivity contribution is 5.15. The Morgan fingerprint density at radius 1 is 1.50 bits per heavy atom. The summed E-state index contributed by atoms with van der Waals surface area (Å²) in [6.45, 7) is 0. The number of aromatic amines is 1. The van der Waals surface area contributed by atoms with E-state index < -0.39 is 11.5 Å². The van der Waals surface area contributed by atoms with Gasteiger partial charge in [-0.05, 0) is 0 Å². The lowest BCUT2D eigenvalue weighted by atomic mass is 9.74. The smallest absolute Gasteiger partial charge is 0.252 e. The van der Waals surface area contributed by atoms with Crippen molar-refractivity contribution < 1.29 is 8.78 Å². The summed E-state index contributed by atoms with van der Waals surface area (Å²) in [6.07, 6.45) is 2.47. The second-order valence-corrected chi connectivity index (χ2v) is 3.30. The lowest BCUT2D eigenvalue weighted by Gasteiger charge is -2.42. The molecule has 0 spiro atoms. The van der Waals surface area contributed by atoms with E-state index >= 15 is 0 Å². The minimum Gasteiger partial charge on any atom is -0.347 e. The Morgan fingerprint density at radius 2 is 2.17 bits per heavy atom. The maximum Gasteiger partial charge on any atom is 0.252 e. The number of nitrogens with zero attached hydrogens (tertiary/aromatic N) is 1. The van der Waals surface area contributed by atoms with Crippen LogP contribution in [0.5, 0.6) is 0 Å². The standard InChI is InChI=1S/C7H9F2N3/c8-7(9)3-6(10,4-7)5-11-1-2-12-5/h1-2H,3-4,10H2,(H,11,12). The first-order valence-corrected chi connectivity index (χ1v) is 3.68. The second-order valence-electron chi connectivity index (χ2n) is 3.30. The van der Waals surface area contributed by atoms with Crippen LogP contribution in [0.4, 0.5) is 8.78 Å². The Balaban J connectivity index is 2.18. The molecule has 1 aromatic rings. The topological polar surface area (TPSA) is 54.7 Å². The minimum atomic E-state index is -2.61. The third kappa shape index (κ3) is 1.01. The highest BCUT2D eigenvalue weighted by atomic mass is 19.3. The first kappa shape index (κ1) is 7.67. The van der Waals surface area contributed by atoms with Crippen LogP contribution < -0.4 is 5.73 Å². The molecule has 1 saturated carbocycles. The number of halogens is 2. The van der Waals surface area contributed by atoms with Crippen LogP contribution in [-0.4, -0.2) is 15.9 Å². The largest absolute Gasteiger partial charge is 0.347 e. The molecule has 1 aromatic heterocycles. The van der Waals surface area contributed by atoms with Crippen molar-refractivity contribution in [2.45, 2.75) is 24.3 Å². The summed E-state index contributed by atoms with van der Waals surface area (Å²) in [4.78, 5) is 6.61. The van der Waals surface area contributed by atoms with Gasteiger partial charge in [0.25, 0.3) is 5.92 Å². The van der Waals surface area contributed by atoms with Gasteiger partial charge < -0.3 is 10.7 Å². The predicted molar refractivity (Wildman–Crippen MR) is 38.6 cm³/mol. The third-order valence-electron chi connectivity index (χ3n) is 2.12. The molecule has 0 aromatic carbocycles. The van der Waals surface area contributed by atoms with Crippen molar-refractivity contribution >= 4 is 0 Å². The van der Waals surface area contributed by atoms with Crippen molar-refractivity contribution in [2.24, 2.45) is 5.73 Å². The summed E-state index contributed by atoms with van der Waals surface area (Å²) in [6, 6.07) is 0. The summed E-state index contributed by atoms with van der Waals surface area (Å²) in [7, 11) is 0. The van der Waals surface area contributed by atoms with Crippen LogP contribution >= 0.6 is 0 Å². The van der Waals surface area contributed by atoms with Gasteiger partial charge >= 0.3 is 0 Å². The Hall–Kier alpha value is -0.970. The van der Waals surface area contributed by atoms with Crippen molar-refractivity contribution in [1.82, 2.24) is 9.97 Å². The van der Waals surface area contributed by atoms with E-state index in [1.165, 1.54) is 6.20 Å². The molecule has 3 N–H and O–H groups in total. The number of nitrogens with two attached hydrogens (primary N) is 1. The van der Waals surface area contributed by atoms with Gasteiger partial charge in [-0.2, -0.15) is 0 Å². The molecule has 0 aliphatic heterocycles. The fourth-order valence-electron chi connectivity index (χ4n) is 1.58. The summed E-state index contributed by atoms with van der Waals surface area (Å²) in [5.74, 6) is -2.16. The Morgan fingerprint density at radius 3 is 2.58 bits per heavy atom. The van der Waals surface area contributed by atoms with Crippen molar-refractivity contribution in [3.63, 3.8) is 0 Å². The van der Waals surface area contributed by atoms with E-state index in [2.05, 4.69) is 9.97 Å². The number of H-pyrrole nitrogens is 1. The molecule has 1 aliphatic carbocycles. The van der Waals surface area contributed by atoms with E-state index in [-0.39, 0.29) is 12.8 Å². The predicted octanol–water partition coefficient (Wildman–Crippen LogP) is 0.993. The highest BCUT2D eigenvalue weighted by Gasteiger charge is 2.56. The van der Waals surface area contributed by atoms with Crippen LogP contribution in [0.15, 0.2) is 12.4 Å². The SMILES string of the molecule is NC1(c2ncc[nH]2)CC(F)(F)C1. The number of alkyl halides is 2. The number of nitrogens with one attached hydrogen (secondary N) is 1. The molecule has 12 heavy (non-hydrogen) atoms. The van der Waals surface area contributed by atoms with Gasteiger partial charge in [-0.3, -0.25) is 0 Å². The van der Waals surface area contributed by atoms with Crippen molar-refractivity contribution in [3.05, 3.63) is 18.2 Å². The Bertz CT molecular complexity index is 273. The lowest BCUT2D eigenvalue weighted by molar-refractivity contribution is -0.127. The van der Waals surface area contributed by atoms with Gasteiger partial charge in [-0.15, -0.1) is 0 Å². The van der Waals surface area contributed by atoms with Crippen LogP contribution in [0.25, 0.3) is 0 Å². The quantitative estimate of drug-likeness (QED) is 0.665. The lowest BCUT2D eigenvalue weighted by Crippen LogP contribution is -2.56. The minimum absolute atomic E-state index is 0.312. The van der Waals surface area contributed by atoms with Gasteiger partial charge in [0.05, 0.1) is 5.54 Å². The van der Waals surface area contributed by atoms with E-state index in [9.17, 15) is 8.78 Å². The Kier molecular flexibility index (Phi) is 1.30. The Labute approximate surface area is 68.0 Å².